The number of terminal acetylenes is 1. The summed E-state index contributed by atoms with van der Waals surface area (Å²) in [5.74, 6) is 2.33. The van der Waals surface area contributed by atoms with Crippen LogP contribution in [0.5, 0.6) is 0 Å². The van der Waals surface area contributed by atoms with E-state index in [1.165, 1.54) is 12.3 Å². The number of aromatic nitrogens is 1. The summed E-state index contributed by atoms with van der Waals surface area (Å²) in [5.41, 5.74) is 0.830. The van der Waals surface area contributed by atoms with Crippen LogP contribution in [0.3, 0.4) is 0 Å². The number of nitrogens with zero attached hydrogens (tertiary/aromatic N) is 1. The number of halogens is 1. The van der Waals surface area contributed by atoms with Crippen LogP contribution >= 0.6 is 0 Å². The maximum Gasteiger partial charge on any atom is 0.141 e. The summed E-state index contributed by atoms with van der Waals surface area (Å²) in [5, 5.41) is 3.38. The van der Waals surface area contributed by atoms with Gasteiger partial charge in [0.25, 0.3) is 0 Å². The molecule has 0 saturated carbocycles. The molecule has 1 aromatic rings. The molecule has 2 nitrogen and oxygen atoms in total. The molecule has 2 unspecified atom stereocenters. The van der Waals surface area contributed by atoms with Crippen molar-refractivity contribution in [2.45, 2.75) is 38.8 Å². The number of nitrogens with one attached hydrogen (secondary N) is 1. The van der Waals surface area contributed by atoms with Crippen molar-refractivity contribution >= 4 is 0 Å². The van der Waals surface area contributed by atoms with E-state index in [2.05, 4.69) is 23.1 Å². The highest BCUT2D eigenvalue weighted by Crippen LogP contribution is 2.12. The summed E-state index contributed by atoms with van der Waals surface area (Å²) < 4.78 is 12.7. The highest BCUT2D eigenvalue weighted by molar-refractivity contribution is 5.09. The summed E-state index contributed by atoms with van der Waals surface area (Å²) in [4.78, 5) is 4.04. The average Bonchev–Trinajstić information content (AvgIpc) is 2.29. The second kappa shape index (κ2) is 6.24. The van der Waals surface area contributed by atoms with Gasteiger partial charge in [-0.25, -0.2) is 4.39 Å². The predicted molar refractivity (Wildman–Crippen MR) is 63.3 cm³/mol. The Kier molecular flexibility index (Phi) is 4.94. The zero-order valence-electron chi connectivity index (χ0n) is 9.70. The summed E-state index contributed by atoms with van der Waals surface area (Å²) in [6, 6.07) is 3.48. The molecule has 0 radical (unpaired) electrons. The first kappa shape index (κ1) is 12.7. The third-order valence-corrected chi connectivity index (χ3v) is 2.54. The Bertz CT molecular complexity index is 353. The molecule has 1 N–H and O–H groups in total. The molecule has 0 bridgehead atoms. The summed E-state index contributed by atoms with van der Waals surface area (Å²) in [6.45, 7) is 4.08. The van der Waals surface area contributed by atoms with E-state index in [4.69, 9.17) is 6.42 Å². The molecule has 1 rings (SSSR count). The first-order valence-corrected chi connectivity index (χ1v) is 5.48. The Morgan fingerprint density at radius 2 is 2.31 bits per heavy atom. The summed E-state index contributed by atoms with van der Waals surface area (Å²) in [7, 11) is 0. The number of rotatable bonds is 5. The lowest BCUT2D eigenvalue weighted by atomic mass is 10.1. The van der Waals surface area contributed by atoms with Crippen LogP contribution in [0.4, 0.5) is 4.39 Å². The van der Waals surface area contributed by atoms with Gasteiger partial charge in [0.05, 0.1) is 11.9 Å². The maximum absolute atomic E-state index is 12.7. The second-order valence-electron chi connectivity index (χ2n) is 3.80. The fraction of sp³-hybridized carbons (Fsp3) is 0.462. The second-order valence-corrected chi connectivity index (χ2v) is 3.80. The van der Waals surface area contributed by atoms with E-state index in [1.54, 1.807) is 6.07 Å². The molecule has 0 aliphatic heterocycles. The Hall–Kier alpha value is -1.40. The van der Waals surface area contributed by atoms with Gasteiger partial charge >= 0.3 is 0 Å². The van der Waals surface area contributed by atoms with Crippen molar-refractivity contribution in [2.24, 2.45) is 0 Å². The van der Waals surface area contributed by atoms with Crippen molar-refractivity contribution in [1.29, 1.82) is 0 Å². The first-order chi connectivity index (χ1) is 7.67. The largest absolute Gasteiger partial charge is 0.305 e. The Morgan fingerprint density at radius 3 is 2.81 bits per heavy atom. The fourth-order valence-electron chi connectivity index (χ4n) is 1.55. The normalized spacial score (nSPS) is 14.1. The molecule has 16 heavy (non-hydrogen) atoms. The maximum atomic E-state index is 12.7. The molecular formula is C13H17FN2. The summed E-state index contributed by atoms with van der Waals surface area (Å²) in [6.07, 6.45) is 8.18. The van der Waals surface area contributed by atoms with E-state index >= 15 is 0 Å². The molecule has 0 spiro atoms. The Morgan fingerprint density at radius 1 is 1.56 bits per heavy atom. The molecule has 1 aromatic heterocycles. The standard InChI is InChI=1S/C13H17FN2/c1-4-6-12(5-2)16-10(3)13-8-7-11(14)9-15-13/h1,7-10,12,16H,5-6H2,2-3H3. The quantitative estimate of drug-likeness (QED) is 0.772. The molecule has 1 heterocycles. The monoisotopic (exact) mass is 220 g/mol. The molecule has 0 fully saturated rings. The zero-order chi connectivity index (χ0) is 12.0. The van der Waals surface area contributed by atoms with Gasteiger partial charge in [-0.3, -0.25) is 4.98 Å². The molecule has 0 aliphatic rings. The molecule has 2 atom stereocenters. The van der Waals surface area contributed by atoms with E-state index in [-0.39, 0.29) is 17.9 Å². The highest BCUT2D eigenvalue weighted by atomic mass is 19.1. The Labute approximate surface area is 96.3 Å². The molecule has 0 aliphatic carbocycles. The van der Waals surface area contributed by atoms with Crippen LogP contribution in [0.1, 0.15) is 38.4 Å². The molecular weight excluding hydrogens is 203 g/mol. The van der Waals surface area contributed by atoms with Gasteiger partial charge < -0.3 is 5.32 Å². The van der Waals surface area contributed by atoms with Gasteiger partial charge in [-0.15, -0.1) is 12.3 Å². The molecule has 86 valence electrons. The topological polar surface area (TPSA) is 24.9 Å². The molecule has 0 saturated heterocycles. The zero-order valence-corrected chi connectivity index (χ0v) is 9.70. The lowest BCUT2D eigenvalue weighted by Gasteiger charge is -2.20. The summed E-state index contributed by atoms with van der Waals surface area (Å²) >= 11 is 0. The number of hydrogen-bond donors (Lipinski definition) is 1. The van der Waals surface area contributed by atoms with Crippen molar-refractivity contribution in [3.8, 4) is 12.3 Å². The van der Waals surface area contributed by atoms with Gasteiger partial charge in [0.1, 0.15) is 5.82 Å². The van der Waals surface area contributed by atoms with Crippen molar-refractivity contribution in [2.75, 3.05) is 0 Å². The SMILES string of the molecule is C#CCC(CC)NC(C)c1ccc(F)cn1. The van der Waals surface area contributed by atoms with Crippen LogP contribution in [-0.4, -0.2) is 11.0 Å². The molecule has 0 aromatic carbocycles. The minimum atomic E-state index is -0.313. The van der Waals surface area contributed by atoms with Crippen molar-refractivity contribution < 1.29 is 4.39 Å². The van der Waals surface area contributed by atoms with Gasteiger partial charge in [-0.2, -0.15) is 0 Å². The van der Waals surface area contributed by atoms with Crippen LogP contribution < -0.4 is 5.32 Å². The first-order valence-electron chi connectivity index (χ1n) is 5.48. The Balaban J connectivity index is 2.60. The third-order valence-electron chi connectivity index (χ3n) is 2.54. The average molecular weight is 220 g/mol. The third kappa shape index (κ3) is 3.63. The molecule has 0 amide bonds. The van der Waals surface area contributed by atoms with E-state index < -0.39 is 0 Å². The minimum absolute atomic E-state index is 0.0823. The fourth-order valence-corrected chi connectivity index (χ4v) is 1.55. The van der Waals surface area contributed by atoms with Crippen LogP contribution in [-0.2, 0) is 0 Å². The molecule has 3 heteroatoms. The minimum Gasteiger partial charge on any atom is -0.305 e. The van der Waals surface area contributed by atoms with Crippen molar-refractivity contribution in [3.63, 3.8) is 0 Å². The predicted octanol–water partition coefficient (Wildman–Crippen LogP) is 2.67. The van der Waals surface area contributed by atoms with Gasteiger partial charge in [-0.05, 0) is 25.5 Å². The van der Waals surface area contributed by atoms with Gasteiger partial charge in [0, 0.05) is 18.5 Å². The van der Waals surface area contributed by atoms with Crippen LogP contribution in [0.15, 0.2) is 18.3 Å². The number of pyridine rings is 1. The van der Waals surface area contributed by atoms with E-state index in [9.17, 15) is 4.39 Å². The van der Waals surface area contributed by atoms with Gasteiger partial charge in [-0.1, -0.05) is 6.92 Å². The van der Waals surface area contributed by atoms with Gasteiger partial charge in [0.15, 0.2) is 0 Å². The van der Waals surface area contributed by atoms with Crippen molar-refractivity contribution in [1.82, 2.24) is 10.3 Å². The number of hydrogen-bond acceptors (Lipinski definition) is 2. The van der Waals surface area contributed by atoms with Gasteiger partial charge in [0.2, 0.25) is 0 Å². The smallest absolute Gasteiger partial charge is 0.141 e. The lowest BCUT2D eigenvalue weighted by Crippen LogP contribution is -2.31. The van der Waals surface area contributed by atoms with E-state index in [0.717, 1.165) is 12.1 Å². The van der Waals surface area contributed by atoms with Crippen LogP contribution in [0, 0.1) is 18.2 Å². The van der Waals surface area contributed by atoms with Crippen LogP contribution in [0.25, 0.3) is 0 Å². The van der Waals surface area contributed by atoms with Crippen LogP contribution in [0.2, 0.25) is 0 Å². The van der Waals surface area contributed by atoms with E-state index in [0.29, 0.717) is 6.42 Å². The van der Waals surface area contributed by atoms with Crippen molar-refractivity contribution in [3.05, 3.63) is 29.8 Å². The van der Waals surface area contributed by atoms with E-state index in [1.807, 2.05) is 6.92 Å². The lowest BCUT2D eigenvalue weighted by molar-refractivity contribution is 0.442. The highest BCUT2D eigenvalue weighted by Gasteiger charge is 2.11.